The van der Waals surface area contributed by atoms with Gasteiger partial charge in [-0.2, -0.15) is 13.2 Å². The Labute approximate surface area is 243 Å². The van der Waals surface area contributed by atoms with Gasteiger partial charge < -0.3 is 35.6 Å². The number of anilines is 2. The summed E-state index contributed by atoms with van der Waals surface area (Å²) in [7, 11) is 1.66. The molecule has 42 heavy (non-hydrogen) atoms. The average molecular weight is 594 g/mol. The lowest BCUT2D eigenvalue weighted by Crippen LogP contribution is -2.49. The number of rotatable bonds is 7. The molecule has 0 aliphatic carbocycles. The molecule has 0 spiro atoms. The number of nitrogens with one attached hydrogen (secondary N) is 3. The third-order valence-electron chi connectivity index (χ3n) is 6.86. The molecule has 0 fully saturated rings. The first-order valence-corrected chi connectivity index (χ1v) is 13.6. The third kappa shape index (κ3) is 8.75. The highest BCUT2D eigenvalue weighted by Crippen LogP contribution is 2.31. The van der Waals surface area contributed by atoms with Crippen molar-refractivity contribution in [3.05, 3.63) is 53.6 Å². The van der Waals surface area contributed by atoms with Crippen molar-refractivity contribution < 1.29 is 37.4 Å². The summed E-state index contributed by atoms with van der Waals surface area (Å²) < 4.78 is 44.8. The van der Waals surface area contributed by atoms with E-state index >= 15 is 0 Å². The predicted octanol–water partition coefficient (Wildman–Crippen LogP) is 4.55. The number of aliphatic hydroxyl groups is 1. The van der Waals surface area contributed by atoms with Crippen LogP contribution in [0.25, 0.3) is 0 Å². The second kappa shape index (κ2) is 13.8. The molecule has 2 aromatic carbocycles. The third-order valence-corrected chi connectivity index (χ3v) is 6.86. The van der Waals surface area contributed by atoms with E-state index in [9.17, 15) is 32.7 Å². The van der Waals surface area contributed by atoms with Crippen LogP contribution in [0.5, 0.6) is 5.75 Å². The second-order valence-electron chi connectivity index (χ2n) is 10.8. The molecule has 13 heteroatoms. The van der Waals surface area contributed by atoms with Gasteiger partial charge in [-0.05, 0) is 63.2 Å². The molecule has 3 rings (SSSR count). The van der Waals surface area contributed by atoms with Crippen LogP contribution in [0.1, 0.15) is 38.8 Å². The summed E-state index contributed by atoms with van der Waals surface area (Å²) in [6, 6.07) is 7.35. The Kier molecular flexibility index (Phi) is 10.7. The van der Waals surface area contributed by atoms with Gasteiger partial charge in [0, 0.05) is 42.5 Å². The zero-order valence-corrected chi connectivity index (χ0v) is 24.3. The van der Waals surface area contributed by atoms with E-state index in [0.717, 1.165) is 24.3 Å². The lowest BCUT2D eigenvalue weighted by Gasteiger charge is -2.34. The molecule has 0 saturated heterocycles. The van der Waals surface area contributed by atoms with Gasteiger partial charge in [0.05, 0.1) is 31.2 Å². The zero-order chi connectivity index (χ0) is 31.2. The van der Waals surface area contributed by atoms with Gasteiger partial charge in [0.15, 0.2) is 0 Å². The minimum atomic E-state index is -4.49. The first-order chi connectivity index (χ1) is 19.7. The minimum Gasteiger partial charge on any atom is -0.488 e. The van der Waals surface area contributed by atoms with Gasteiger partial charge >= 0.3 is 18.2 Å². The van der Waals surface area contributed by atoms with Crippen LogP contribution in [0.3, 0.4) is 0 Å². The smallest absolute Gasteiger partial charge is 0.416 e. The number of aliphatic hydroxyl groups excluding tert-OH is 1. The van der Waals surface area contributed by atoms with Gasteiger partial charge in [0.2, 0.25) is 5.91 Å². The maximum atomic E-state index is 13.4. The number of benzene rings is 2. The van der Waals surface area contributed by atoms with E-state index in [4.69, 9.17) is 4.74 Å². The van der Waals surface area contributed by atoms with Crippen molar-refractivity contribution in [1.82, 2.24) is 15.1 Å². The number of nitrogens with zero attached hydrogens (tertiary/aromatic N) is 2. The van der Waals surface area contributed by atoms with Gasteiger partial charge in [0.1, 0.15) is 11.9 Å². The van der Waals surface area contributed by atoms with Crippen LogP contribution in [0, 0.1) is 5.92 Å². The number of carbonyl (C=O) groups is 3. The minimum absolute atomic E-state index is 0.0551. The number of fused-ring (bicyclic) bond motifs is 1. The quantitative estimate of drug-likeness (QED) is 0.375. The van der Waals surface area contributed by atoms with Crippen molar-refractivity contribution in [3.63, 3.8) is 0 Å². The van der Waals surface area contributed by atoms with Gasteiger partial charge in [-0.25, -0.2) is 9.59 Å². The van der Waals surface area contributed by atoms with E-state index in [2.05, 4.69) is 16.0 Å². The fourth-order valence-electron chi connectivity index (χ4n) is 4.47. The fraction of sp³-hybridized carbons (Fsp3) is 0.483. The monoisotopic (exact) mass is 593 g/mol. The molecule has 5 amide bonds. The Balaban J connectivity index is 1.84. The molecule has 230 valence electrons. The molecule has 0 aromatic heterocycles. The van der Waals surface area contributed by atoms with E-state index in [-0.39, 0.29) is 49.2 Å². The van der Waals surface area contributed by atoms with Crippen molar-refractivity contribution in [1.29, 1.82) is 0 Å². The van der Waals surface area contributed by atoms with Gasteiger partial charge in [-0.1, -0.05) is 6.92 Å². The number of urea groups is 2. The topological polar surface area (TPSA) is 123 Å². The molecule has 1 aliphatic heterocycles. The lowest BCUT2D eigenvalue weighted by molar-refractivity contribution is -0.137. The Morgan fingerprint density at radius 1 is 1.10 bits per heavy atom. The second-order valence-corrected chi connectivity index (χ2v) is 10.8. The number of hydrogen-bond donors (Lipinski definition) is 4. The normalized spacial score (nSPS) is 18.1. The molecule has 10 nitrogen and oxygen atoms in total. The van der Waals surface area contributed by atoms with Crippen molar-refractivity contribution in [3.8, 4) is 5.75 Å². The first kappa shape index (κ1) is 32.5. The molecule has 3 atom stereocenters. The molecule has 0 radical (unpaired) electrons. The molecule has 0 unspecified atom stereocenters. The molecule has 2 aromatic rings. The summed E-state index contributed by atoms with van der Waals surface area (Å²) in [5.41, 5.74) is 0.141. The molecule has 0 bridgehead atoms. The Hall–Kier alpha value is -4.00. The standard InChI is InChI=1S/C29H38F3N5O5/c1-17(2)33-28(41)36(5)15-25-18(3)14-37(19(4)16-38)26(39)13-20-12-23(10-11-24(20)42-25)35-27(40)34-22-8-6-21(7-9-22)29(30,31)32/h6-12,17-19,25,38H,13-16H2,1-5H3,(H,33,41)(H2,34,35,40)/t18-,19+,25+/m0/s1. The summed E-state index contributed by atoms with van der Waals surface area (Å²) in [6.07, 6.45) is -5.07. The highest BCUT2D eigenvalue weighted by atomic mass is 19.4. The van der Waals surface area contributed by atoms with Crippen LogP contribution in [-0.4, -0.2) is 77.8 Å². The van der Waals surface area contributed by atoms with Gasteiger partial charge in [-0.15, -0.1) is 0 Å². The summed E-state index contributed by atoms with van der Waals surface area (Å²) in [5, 5.41) is 17.8. The number of halogens is 3. The molecule has 1 heterocycles. The predicted molar refractivity (Wildman–Crippen MR) is 152 cm³/mol. The zero-order valence-electron chi connectivity index (χ0n) is 24.3. The molecule has 0 saturated carbocycles. The lowest BCUT2D eigenvalue weighted by atomic mass is 10.0. The van der Waals surface area contributed by atoms with Crippen LogP contribution in [0.2, 0.25) is 0 Å². The summed E-state index contributed by atoms with van der Waals surface area (Å²) in [6.45, 7) is 7.65. The number of likely N-dealkylation sites (N-methyl/N-ethyl adjacent to an activating group) is 1. The maximum Gasteiger partial charge on any atom is 0.416 e. The number of ether oxygens (including phenoxy) is 1. The number of amides is 5. The number of hydrogen-bond acceptors (Lipinski definition) is 5. The summed E-state index contributed by atoms with van der Waals surface area (Å²) in [4.78, 5) is 41.6. The summed E-state index contributed by atoms with van der Waals surface area (Å²) >= 11 is 0. The summed E-state index contributed by atoms with van der Waals surface area (Å²) in [5.74, 6) is -0.0493. The Morgan fingerprint density at radius 2 is 1.71 bits per heavy atom. The molecular weight excluding hydrogens is 555 g/mol. The van der Waals surface area contributed by atoms with E-state index < -0.39 is 29.9 Å². The molecule has 4 N–H and O–H groups in total. The fourth-order valence-corrected chi connectivity index (χ4v) is 4.47. The van der Waals surface area contributed by atoms with E-state index in [1.807, 2.05) is 20.8 Å². The van der Waals surface area contributed by atoms with Crippen LogP contribution in [-0.2, 0) is 17.4 Å². The van der Waals surface area contributed by atoms with Crippen LogP contribution in [0.15, 0.2) is 42.5 Å². The first-order valence-electron chi connectivity index (χ1n) is 13.6. The Bertz CT molecular complexity index is 1260. The van der Waals surface area contributed by atoms with Crippen molar-refractivity contribution in [2.75, 3.05) is 37.4 Å². The maximum absolute atomic E-state index is 13.4. The highest BCUT2D eigenvalue weighted by Gasteiger charge is 2.32. The van der Waals surface area contributed by atoms with Crippen molar-refractivity contribution in [2.24, 2.45) is 5.92 Å². The average Bonchev–Trinajstić information content (AvgIpc) is 2.95. The molecule has 1 aliphatic rings. The van der Waals surface area contributed by atoms with Gasteiger partial charge in [0.25, 0.3) is 0 Å². The van der Waals surface area contributed by atoms with Crippen LogP contribution >= 0.6 is 0 Å². The number of alkyl halides is 3. The highest BCUT2D eigenvalue weighted by molar-refractivity contribution is 6.00. The van der Waals surface area contributed by atoms with Crippen molar-refractivity contribution >= 4 is 29.3 Å². The SMILES string of the molecule is CC(C)NC(=O)N(C)C[C@H]1Oc2ccc(NC(=O)Nc3ccc(C(F)(F)F)cc3)cc2CC(=O)N([C@H](C)CO)C[C@@H]1C. The van der Waals surface area contributed by atoms with E-state index in [1.54, 1.807) is 37.1 Å². The Morgan fingerprint density at radius 3 is 2.31 bits per heavy atom. The van der Waals surface area contributed by atoms with Crippen LogP contribution in [0.4, 0.5) is 34.1 Å². The van der Waals surface area contributed by atoms with Crippen LogP contribution < -0.4 is 20.7 Å². The van der Waals surface area contributed by atoms with Gasteiger partial charge in [-0.3, -0.25) is 4.79 Å². The van der Waals surface area contributed by atoms with E-state index in [1.165, 1.54) is 4.90 Å². The van der Waals surface area contributed by atoms with E-state index in [0.29, 0.717) is 23.5 Å². The largest absolute Gasteiger partial charge is 0.488 e. The molecular formula is C29H38F3N5O5. The number of carbonyl (C=O) groups excluding carboxylic acids is 3. The van der Waals surface area contributed by atoms with Crippen molar-refractivity contribution in [2.45, 2.75) is 58.5 Å².